The molecule has 326 valence electrons. The van der Waals surface area contributed by atoms with Gasteiger partial charge in [-0.25, -0.2) is 16.8 Å². The van der Waals surface area contributed by atoms with Gasteiger partial charge in [0.15, 0.2) is 6.54 Å². The van der Waals surface area contributed by atoms with Crippen LogP contribution in [0, 0.1) is 27.7 Å². The molecule has 1 aliphatic carbocycles. The Hall–Kier alpha value is -4.67. The molecular weight excluding hydrogens is 904 g/mol. The molecule has 0 bridgehead atoms. The van der Waals surface area contributed by atoms with Crippen molar-refractivity contribution in [3.8, 4) is 22.5 Å². The van der Waals surface area contributed by atoms with Gasteiger partial charge >= 0.3 is 29.6 Å². The normalized spacial score (nSPS) is 12.3. The Morgan fingerprint density at radius 2 is 1.20 bits per heavy atom. The van der Waals surface area contributed by atoms with Gasteiger partial charge in [0.2, 0.25) is 11.0 Å². The summed E-state index contributed by atoms with van der Waals surface area (Å²) in [5, 5.41) is 1.34. The molecule has 0 spiro atoms. The van der Waals surface area contributed by atoms with E-state index in [2.05, 4.69) is 47.6 Å². The van der Waals surface area contributed by atoms with Crippen LogP contribution in [0.25, 0.3) is 33.4 Å². The molecule has 1 aliphatic heterocycles. The smallest absolute Gasteiger partial charge is 0.744 e. The van der Waals surface area contributed by atoms with Crippen molar-refractivity contribution >= 4 is 71.8 Å². The Labute approximate surface area is 411 Å². The van der Waals surface area contributed by atoms with Gasteiger partial charge in [0.1, 0.15) is 31.6 Å². The van der Waals surface area contributed by atoms with Crippen molar-refractivity contribution in [1.82, 2.24) is 4.58 Å². The number of hydrogen-bond acceptors (Lipinski definition) is 10. The Kier molecular flexibility index (Phi) is 15.2. The van der Waals surface area contributed by atoms with Gasteiger partial charge in [0.25, 0.3) is 0 Å². The molecular formula is C51H45N2NaO7S4. The van der Waals surface area contributed by atoms with Crippen LogP contribution in [0.15, 0.2) is 176 Å². The summed E-state index contributed by atoms with van der Waals surface area (Å²) in [4.78, 5) is 3.90. The second kappa shape index (κ2) is 20.5. The number of anilines is 2. The molecule has 6 aromatic rings. The van der Waals surface area contributed by atoms with Crippen LogP contribution >= 0.6 is 23.5 Å². The molecule has 0 atom stereocenters. The summed E-state index contributed by atoms with van der Waals surface area (Å²) in [6, 6.07) is 47.1. The van der Waals surface area contributed by atoms with Crippen molar-refractivity contribution in [3.05, 3.63) is 179 Å². The fourth-order valence-corrected chi connectivity index (χ4v) is 11.4. The molecule has 2 aliphatic rings. The third kappa shape index (κ3) is 10.8. The van der Waals surface area contributed by atoms with Crippen LogP contribution in [0.4, 0.5) is 17.1 Å². The van der Waals surface area contributed by atoms with E-state index < -0.39 is 20.2 Å². The van der Waals surface area contributed by atoms with E-state index in [1.54, 1.807) is 49.5 Å². The molecule has 0 saturated carbocycles. The summed E-state index contributed by atoms with van der Waals surface area (Å²) < 4.78 is 84.0. The third-order valence-corrected chi connectivity index (χ3v) is 14.8. The first kappa shape index (κ1) is 48.3. The van der Waals surface area contributed by atoms with Gasteiger partial charge in [0, 0.05) is 78.8 Å². The number of fused-ring (bicyclic) bond motifs is 2. The minimum Gasteiger partial charge on any atom is -0.744 e. The minimum atomic E-state index is -4.90. The van der Waals surface area contributed by atoms with Crippen molar-refractivity contribution in [2.45, 2.75) is 47.3 Å². The first-order chi connectivity index (χ1) is 30.7. The van der Waals surface area contributed by atoms with Gasteiger partial charge < -0.3 is 18.4 Å². The van der Waals surface area contributed by atoms with E-state index in [0.29, 0.717) is 57.8 Å². The molecule has 0 fully saturated rings. The molecule has 65 heavy (non-hydrogen) atoms. The predicted octanol–water partition coefficient (Wildman–Crippen LogP) is 8.08. The van der Waals surface area contributed by atoms with Crippen molar-refractivity contribution in [1.29, 1.82) is 0 Å². The van der Waals surface area contributed by atoms with E-state index in [4.69, 9.17) is 4.42 Å². The summed E-state index contributed by atoms with van der Waals surface area (Å²) in [5.41, 5.74) is 7.96. The number of thioether (sulfide) groups is 2. The van der Waals surface area contributed by atoms with Gasteiger partial charge in [-0.2, -0.15) is 4.58 Å². The fraction of sp³-hybridized carbons (Fsp3) is 0.157. The average molecular weight is 949 g/mol. The second-order valence-corrected chi connectivity index (χ2v) is 20.6. The maximum atomic E-state index is 12.9. The van der Waals surface area contributed by atoms with Crippen LogP contribution in [-0.2, 0) is 20.2 Å². The summed E-state index contributed by atoms with van der Waals surface area (Å²) >= 11 is 3.44. The zero-order chi connectivity index (χ0) is 45.2. The summed E-state index contributed by atoms with van der Waals surface area (Å²) in [6.07, 6.45) is 0. The van der Waals surface area contributed by atoms with Gasteiger partial charge in [-0.3, -0.25) is 0 Å². The molecule has 0 unspecified atom stereocenters. The number of benzene rings is 7. The minimum absolute atomic E-state index is 0. The zero-order valence-electron chi connectivity index (χ0n) is 36.6. The van der Waals surface area contributed by atoms with Crippen LogP contribution in [0.3, 0.4) is 0 Å². The largest absolute Gasteiger partial charge is 1.00 e. The fourth-order valence-electron chi connectivity index (χ4n) is 8.39. The van der Waals surface area contributed by atoms with Crippen molar-refractivity contribution < 1.29 is 59.9 Å². The summed E-state index contributed by atoms with van der Waals surface area (Å²) in [7, 11) is -9.61. The van der Waals surface area contributed by atoms with E-state index in [1.165, 1.54) is 29.2 Å². The molecule has 0 amide bonds. The first-order valence-electron chi connectivity index (χ1n) is 20.6. The second-order valence-electron chi connectivity index (χ2n) is 15.5. The van der Waals surface area contributed by atoms with E-state index in [-0.39, 0.29) is 44.9 Å². The number of hydrogen-bond donors (Lipinski definition) is 0. The maximum absolute atomic E-state index is 12.9. The van der Waals surface area contributed by atoms with Crippen LogP contribution < -0.4 is 44.4 Å². The van der Waals surface area contributed by atoms with E-state index in [1.807, 2.05) is 91.0 Å². The van der Waals surface area contributed by atoms with Gasteiger partial charge in [-0.05, 0) is 99.5 Å². The quantitative estimate of drug-likeness (QED) is 0.0347. The van der Waals surface area contributed by atoms with Crippen LogP contribution in [-0.4, -0.2) is 50.5 Å². The Morgan fingerprint density at radius 1 is 0.600 bits per heavy atom. The Balaban J connectivity index is 0.00000630. The van der Waals surface area contributed by atoms with Gasteiger partial charge in [0.05, 0.1) is 21.6 Å². The number of nitrogens with zero attached hydrogens (tertiary/aromatic N) is 2. The van der Waals surface area contributed by atoms with Gasteiger partial charge in [-0.15, -0.1) is 23.5 Å². The Bertz CT molecular complexity index is 3250. The van der Waals surface area contributed by atoms with Crippen molar-refractivity contribution in [2.24, 2.45) is 0 Å². The molecule has 0 saturated heterocycles. The van der Waals surface area contributed by atoms with Gasteiger partial charge in [-0.1, -0.05) is 72.8 Å². The van der Waals surface area contributed by atoms with Crippen molar-refractivity contribution in [2.75, 3.05) is 29.5 Å². The molecule has 0 radical (unpaired) electrons. The predicted molar refractivity (Wildman–Crippen MR) is 257 cm³/mol. The van der Waals surface area contributed by atoms with Crippen LogP contribution in [0.1, 0.15) is 22.3 Å². The molecule has 0 aromatic heterocycles. The van der Waals surface area contributed by atoms with Crippen LogP contribution in [0.2, 0.25) is 0 Å². The molecule has 9 nitrogen and oxygen atoms in total. The number of aryl methyl sites for hydroxylation is 4. The zero-order valence-corrected chi connectivity index (χ0v) is 41.9. The van der Waals surface area contributed by atoms with Crippen molar-refractivity contribution in [3.63, 3.8) is 0 Å². The average Bonchev–Trinajstić information content (AvgIpc) is 3.26. The monoisotopic (exact) mass is 948 g/mol. The van der Waals surface area contributed by atoms with E-state index >= 15 is 0 Å². The SMILES string of the molecule is Cc1cccc(C)c1N(CCSc1ccccc1)c1ccc2c(-c3ccccc3S(=O)(=O)[O-])c3ccc(=[N+](CCSc4ccccc4)c4c(C)cc(S(=O)(=O)[O-])cc4C)cc-3oc2c1.[Na+]. The molecule has 8 rings (SSSR count). The van der Waals surface area contributed by atoms with E-state index in [9.17, 15) is 25.9 Å². The third-order valence-electron chi connectivity index (χ3n) is 11.1. The molecule has 14 heteroatoms. The molecule has 0 N–H and O–H groups in total. The maximum Gasteiger partial charge on any atom is 1.00 e. The number of para-hydroxylation sites is 1. The Morgan fingerprint density at radius 3 is 1.82 bits per heavy atom. The first-order valence-corrected chi connectivity index (χ1v) is 25.4. The van der Waals surface area contributed by atoms with E-state index in [0.717, 1.165) is 44.2 Å². The topological polar surface area (TPSA) is 134 Å². The van der Waals surface area contributed by atoms with Crippen LogP contribution in [0.5, 0.6) is 0 Å². The molecule has 1 heterocycles. The summed E-state index contributed by atoms with van der Waals surface area (Å²) in [6.45, 7) is 8.92. The summed E-state index contributed by atoms with van der Waals surface area (Å²) in [5.74, 6) is 1.87. The standard InChI is InChI=1S/C51H46N2O7S4.Na/c1-34-14-13-15-35(2)50(34)52(26-28-61-40-16-7-5-8-17-40)38-22-24-43-46(32-38)60-47-33-39(23-25-44(47)49(43)45-20-11-12-21-48(45)64(57,58)59)53(27-29-62-41-18-9-6-10-19-41)51-36(3)30-42(31-37(51)4)63(54,55)56;/h5-25,30-33H,26-29H2,1-4H3,(H-,54,55,56,57,58,59);/q;+1/p-1. The number of rotatable bonds is 14. The molecule has 6 aromatic carbocycles.